The van der Waals surface area contributed by atoms with Crippen molar-refractivity contribution in [1.82, 2.24) is 15.6 Å². The first-order valence-corrected chi connectivity index (χ1v) is 5.23. The number of carbonyl (C=O) groups excluding carboxylic acids is 2. The van der Waals surface area contributed by atoms with Crippen LogP contribution in [0, 0.1) is 0 Å². The molecule has 0 aliphatic carbocycles. The fraction of sp³-hybridized carbons (Fsp3) is 0.364. The predicted molar refractivity (Wildman–Crippen MR) is 57.7 cm³/mol. The van der Waals surface area contributed by atoms with Crippen molar-refractivity contribution in [2.45, 2.75) is 18.9 Å². The minimum atomic E-state index is -0.122. The number of amides is 2. The molecule has 2 N–H and O–H groups in total. The fourth-order valence-corrected chi connectivity index (χ4v) is 1.63. The first kappa shape index (κ1) is 10.6. The molecule has 16 heavy (non-hydrogen) atoms. The van der Waals surface area contributed by atoms with E-state index in [4.69, 9.17) is 0 Å². The SMILES string of the molecule is O=C1CCC(NC(=O)c2ccncc2)CN1. The van der Waals surface area contributed by atoms with Crippen molar-refractivity contribution < 1.29 is 9.59 Å². The minimum Gasteiger partial charge on any atom is -0.354 e. The molecule has 0 bridgehead atoms. The van der Waals surface area contributed by atoms with Crippen molar-refractivity contribution in [3.63, 3.8) is 0 Å². The van der Waals surface area contributed by atoms with E-state index in [1.54, 1.807) is 24.5 Å². The van der Waals surface area contributed by atoms with Crippen LogP contribution in [0.3, 0.4) is 0 Å². The molecule has 84 valence electrons. The molecule has 1 atom stereocenters. The molecule has 0 aromatic carbocycles. The van der Waals surface area contributed by atoms with Gasteiger partial charge in [0, 0.05) is 37.0 Å². The van der Waals surface area contributed by atoms with E-state index in [-0.39, 0.29) is 17.9 Å². The molecule has 5 nitrogen and oxygen atoms in total. The average molecular weight is 219 g/mol. The predicted octanol–water partition coefficient (Wildman–Crippen LogP) is 0.0900. The highest BCUT2D eigenvalue weighted by molar-refractivity contribution is 5.94. The summed E-state index contributed by atoms with van der Waals surface area (Å²) in [6.07, 6.45) is 4.33. The Labute approximate surface area is 93.3 Å². The Hall–Kier alpha value is -1.91. The third-order valence-electron chi connectivity index (χ3n) is 2.54. The molecule has 1 fully saturated rings. The Morgan fingerprint density at radius 1 is 1.44 bits per heavy atom. The monoisotopic (exact) mass is 219 g/mol. The van der Waals surface area contributed by atoms with Crippen LogP contribution in [0.25, 0.3) is 0 Å². The van der Waals surface area contributed by atoms with Crippen molar-refractivity contribution >= 4 is 11.8 Å². The number of carbonyl (C=O) groups is 2. The van der Waals surface area contributed by atoms with Crippen LogP contribution in [0.4, 0.5) is 0 Å². The molecule has 1 aliphatic rings. The second-order valence-corrected chi connectivity index (χ2v) is 3.75. The topological polar surface area (TPSA) is 71.1 Å². The van der Waals surface area contributed by atoms with E-state index in [1.807, 2.05) is 0 Å². The van der Waals surface area contributed by atoms with Crippen LogP contribution in [0.15, 0.2) is 24.5 Å². The molecule has 1 aliphatic heterocycles. The van der Waals surface area contributed by atoms with Crippen LogP contribution in [-0.4, -0.2) is 29.4 Å². The van der Waals surface area contributed by atoms with Gasteiger partial charge in [-0.3, -0.25) is 14.6 Å². The van der Waals surface area contributed by atoms with E-state index in [9.17, 15) is 9.59 Å². The Morgan fingerprint density at radius 2 is 2.19 bits per heavy atom. The normalized spacial score (nSPS) is 20.0. The van der Waals surface area contributed by atoms with Crippen molar-refractivity contribution in [1.29, 1.82) is 0 Å². The zero-order valence-corrected chi connectivity index (χ0v) is 8.77. The molecule has 0 radical (unpaired) electrons. The maximum absolute atomic E-state index is 11.7. The molecule has 0 saturated carbocycles. The molecule has 1 aromatic rings. The lowest BCUT2D eigenvalue weighted by atomic mass is 10.1. The molecule has 0 spiro atoms. The van der Waals surface area contributed by atoms with Gasteiger partial charge in [-0.15, -0.1) is 0 Å². The summed E-state index contributed by atoms with van der Waals surface area (Å²) < 4.78 is 0. The molecular weight excluding hydrogens is 206 g/mol. The van der Waals surface area contributed by atoms with Crippen LogP contribution in [-0.2, 0) is 4.79 Å². The molecule has 1 aromatic heterocycles. The number of pyridine rings is 1. The highest BCUT2D eigenvalue weighted by atomic mass is 16.2. The Balaban J connectivity index is 1.91. The van der Waals surface area contributed by atoms with E-state index < -0.39 is 0 Å². The minimum absolute atomic E-state index is 0.0263. The zero-order valence-electron chi connectivity index (χ0n) is 8.77. The quantitative estimate of drug-likeness (QED) is 0.740. The van der Waals surface area contributed by atoms with Crippen LogP contribution < -0.4 is 10.6 Å². The molecule has 2 amide bonds. The van der Waals surface area contributed by atoms with E-state index in [0.717, 1.165) is 0 Å². The maximum atomic E-state index is 11.7. The van der Waals surface area contributed by atoms with E-state index >= 15 is 0 Å². The summed E-state index contributed by atoms with van der Waals surface area (Å²) in [7, 11) is 0. The number of aromatic nitrogens is 1. The lowest BCUT2D eigenvalue weighted by Gasteiger charge is -2.23. The Kier molecular flexibility index (Phi) is 3.14. The summed E-state index contributed by atoms with van der Waals surface area (Å²) in [6.45, 7) is 0.510. The lowest BCUT2D eigenvalue weighted by molar-refractivity contribution is -0.122. The van der Waals surface area contributed by atoms with Crippen LogP contribution in [0.2, 0.25) is 0 Å². The Bertz CT molecular complexity index is 381. The average Bonchev–Trinajstić information content (AvgIpc) is 2.33. The van der Waals surface area contributed by atoms with Gasteiger partial charge in [0.05, 0.1) is 0 Å². The zero-order chi connectivity index (χ0) is 11.4. The van der Waals surface area contributed by atoms with Crippen LogP contribution >= 0.6 is 0 Å². The van der Waals surface area contributed by atoms with Gasteiger partial charge in [0.15, 0.2) is 0 Å². The van der Waals surface area contributed by atoms with Crippen LogP contribution in [0.1, 0.15) is 23.2 Å². The molecular formula is C11H13N3O2. The first-order valence-electron chi connectivity index (χ1n) is 5.23. The number of nitrogens with one attached hydrogen (secondary N) is 2. The van der Waals surface area contributed by atoms with E-state index in [0.29, 0.717) is 24.9 Å². The van der Waals surface area contributed by atoms with Gasteiger partial charge in [-0.1, -0.05) is 0 Å². The third-order valence-corrected chi connectivity index (χ3v) is 2.54. The molecule has 2 rings (SSSR count). The summed E-state index contributed by atoms with van der Waals surface area (Å²) in [4.78, 5) is 26.5. The third kappa shape index (κ3) is 2.56. The van der Waals surface area contributed by atoms with Crippen LogP contribution in [0.5, 0.6) is 0 Å². The van der Waals surface area contributed by atoms with E-state index in [1.165, 1.54) is 0 Å². The van der Waals surface area contributed by atoms with Crippen molar-refractivity contribution in [2.75, 3.05) is 6.54 Å². The summed E-state index contributed by atoms with van der Waals surface area (Å²) in [6, 6.07) is 3.35. The highest BCUT2D eigenvalue weighted by Crippen LogP contribution is 2.04. The smallest absolute Gasteiger partial charge is 0.251 e. The number of nitrogens with zero attached hydrogens (tertiary/aromatic N) is 1. The fourth-order valence-electron chi connectivity index (χ4n) is 1.63. The molecule has 5 heteroatoms. The summed E-state index contributed by atoms with van der Waals surface area (Å²) >= 11 is 0. The van der Waals surface area contributed by atoms with Gasteiger partial charge >= 0.3 is 0 Å². The van der Waals surface area contributed by atoms with Gasteiger partial charge < -0.3 is 10.6 Å². The molecule has 2 heterocycles. The summed E-state index contributed by atoms with van der Waals surface area (Å²) in [5.41, 5.74) is 0.590. The van der Waals surface area contributed by atoms with Gasteiger partial charge in [0.2, 0.25) is 5.91 Å². The van der Waals surface area contributed by atoms with Gasteiger partial charge in [-0.2, -0.15) is 0 Å². The van der Waals surface area contributed by atoms with Crippen molar-refractivity contribution in [3.8, 4) is 0 Å². The second-order valence-electron chi connectivity index (χ2n) is 3.75. The molecule has 1 unspecified atom stereocenters. The van der Waals surface area contributed by atoms with Crippen molar-refractivity contribution in [3.05, 3.63) is 30.1 Å². The standard InChI is InChI=1S/C11H13N3O2/c15-10-2-1-9(7-13-10)14-11(16)8-3-5-12-6-4-8/h3-6,9H,1-2,7H2,(H,13,15)(H,14,16). The first-order chi connectivity index (χ1) is 7.75. The maximum Gasteiger partial charge on any atom is 0.251 e. The number of rotatable bonds is 2. The van der Waals surface area contributed by atoms with Gasteiger partial charge in [0.25, 0.3) is 5.91 Å². The number of piperidine rings is 1. The van der Waals surface area contributed by atoms with Gasteiger partial charge in [0.1, 0.15) is 0 Å². The van der Waals surface area contributed by atoms with Gasteiger partial charge in [-0.25, -0.2) is 0 Å². The summed E-state index contributed by atoms with van der Waals surface area (Å²) in [5.74, 6) is -0.0713. The van der Waals surface area contributed by atoms with E-state index in [2.05, 4.69) is 15.6 Å². The molecule has 1 saturated heterocycles. The largest absolute Gasteiger partial charge is 0.354 e. The number of hydrogen-bond donors (Lipinski definition) is 2. The second kappa shape index (κ2) is 4.74. The summed E-state index contributed by atoms with van der Waals surface area (Å²) in [5, 5.41) is 5.60. The number of hydrogen-bond acceptors (Lipinski definition) is 3. The Morgan fingerprint density at radius 3 is 2.81 bits per heavy atom. The highest BCUT2D eigenvalue weighted by Gasteiger charge is 2.19. The van der Waals surface area contributed by atoms with Gasteiger partial charge in [-0.05, 0) is 18.6 Å². The van der Waals surface area contributed by atoms with Crippen molar-refractivity contribution in [2.24, 2.45) is 0 Å². The lowest BCUT2D eigenvalue weighted by Crippen LogP contribution is -2.47.